The standard InChI is InChI=1S/C19H18N4O3.Li.H2O/c20-18(21)14-4-8-16(9-5-14)23-12-11-22(19(23)26)15-6-1-13(2-7-15)3-10-17(24)25;;/h1-2,4-9,11-12H,3,10H2,(H3,20,21)(H,24,25);;1H2/q;+1;/p-1. The van der Waals surface area contributed by atoms with E-state index in [0.717, 1.165) is 5.56 Å². The second-order valence-electron chi connectivity index (χ2n) is 5.84. The SMILES string of the molecule is N=C(N)c1ccc(-n2ccn(-c3ccc(CCC(=O)O)cc3)c2=O)cc1.[Li+].[OH-]. The number of hydrogen-bond donors (Lipinski definition) is 3. The maximum Gasteiger partial charge on any atom is 1.00 e. The maximum absolute atomic E-state index is 12.7. The fourth-order valence-electron chi connectivity index (χ4n) is 2.65. The Morgan fingerprint density at radius 2 is 1.43 bits per heavy atom. The average molecular weight is 374 g/mol. The largest absolute Gasteiger partial charge is 1.00 e. The Morgan fingerprint density at radius 3 is 1.86 bits per heavy atom. The molecule has 0 aliphatic carbocycles. The molecule has 2 aromatic carbocycles. The molecule has 0 aliphatic heterocycles. The molecule has 1 aromatic heterocycles. The molecule has 3 aromatic rings. The van der Waals surface area contributed by atoms with Crippen molar-refractivity contribution in [2.75, 3.05) is 0 Å². The number of hydrogen-bond acceptors (Lipinski definition) is 4. The zero-order chi connectivity index (χ0) is 18.7. The smallest absolute Gasteiger partial charge is 0.870 e. The molecule has 5 N–H and O–H groups in total. The molecule has 0 spiro atoms. The van der Waals surface area contributed by atoms with Gasteiger partial charge in [-0.25, -0.2) is 4.79 Å². The molecule has 28 heavy (non-hydrogen) atoms. The van der Waals surface area contributed by atoms with E-state index in [2.05, 4.69) is 0 Å². The summed E-state index contributed by atoms with van der Waals surface area (Å²) in [6.45, 7) is 0. The summed E-state index contributed by atoms with van der Waals surface area (Å²) in [6, 6.07) is 14.1. The van der Waals surface area contributed by atoms with E-state index in [1.54, 1.807) is 48.8 Å². The Balaban J connectivity index is 0.00000196. The van der Waals surface area contributed by atoms with Gasteiger partial charge in [0.2, 0.25) is 0 Å². The number of nitrogens with two attached hydrogens (primary N) is 1. The maximum atomic E-state index is 12.7. The van der Waals surface area contributed by atoms with Gasteiger partial charge in [-0.3, -0.25) is 19.3 Å². The van der Waals surface area contributed by atoms with Gasteiger partial charge in [-0.2, -0.15) is 0 Å². The summed E-state index contributed by atoms with van der Waals surface area (Å²) in [6.07, 6.45) is 3.87. The van der Waals surface area contributed by atoms with Crippen LogP contribution in [0.25, 0.3) is 11.4 Å². The fraction of sp³-hybridized carbons (Fsp3) is 0.105. The molecule has 3 rings (SSSR count). The molecule has 0 atom stereocenters. The van der Waals surface area contributed by atoms with Gasteiger partial charge in [0.25, 0.3) is 0 Å². The van der Waals surface area contributed by atoms with Gasteiger partial charge >= 0.3 is 30.5 Å². The minimum absolute atomic E-state index is 0. The molecule has 0 fully saturated rings. The van der Waals surface area contributed by atoms with Gasteiger partial charge in [-0.15, -0.1) is 0 Å². The number of imidazole rings is 1. The number of rotatable bonds is 6. The zero-order valence-corrected chi connectivity index (χ0v) is 15.4. The van der Waals surface area contributed by atoms with Crippen LogP contribution in [-0.2, 0) is 11.2 Å². The van der Waals surface area contributed by atoms with Crippen LogP contribution in [0.1, 0.15) is 17.5 Å². The van der Waals surface area contributed by atoms with E-state index in [1.165, 1.54) is 9.13 Å². The molecule has 140 valence electrons. The third kappa shape index (κ3) is 5.02. The zero-order valence-electron chi connectivity index (χ0n) is 15.4. The van der Waals surface area contributed by atoms with Gasteiger partial charge < -0.3 is 16.3 Å². The molecule has 0 bridgehead atoms. The summed E-state index contributed by atoms with van der Waals surface area (Å²) < 4.78 is 3.02. The molecular weight excluding hydrogens is 355 g/mol. The van der Waals surface area contributed by atoms with Gasteiger partial charge in [0.05, 0.1) is 11.4 Å². The van der Waals surface area contributed by atoms with Gasteiger partial charge in [-0.05, 0) is 48.4 Å². The van der Waals surface area contributed by atoms with Gasteiger partial charge in [0.1, 0.15) is 5.84 Å². The number of amidine groups is 1. The van der Waals surface area contributed by atoms with Crippen LogP contribution >= 0.6 is 0 Å². The van der Waals surface area contributed by atoms with Crippen LogP contribution in [0.2, 0.25) is 0 Å². The Kier molecular flexibility index (Phi) is 8.01. The quantitative estimate of drug-likeness (QED) is 0.281. The number of carbonyl (C=O) groups is 1. The first-order valence-corrected chi connectivity index (χ1v) is 8.01. The molecule has 0 amide bonds. The number of nitrogen functional groups attached to an aromatic ring is 1. The van der Waals surface area contributed by atoms with Crippen LogP contribution in [0, 0.1) is 5.41 Å². The third-order valence-electron chi connectivity index (χ3n) is 4.08. The number of aryl methyl sites for hydroxylation is 1. The van der Waals surface area contributed by atoms with Crippen molar-refractivity contribution in [3.8, 4) is 11.4 Å². The topological polar surface area (TPSA) is 144 Å². The fourth-order valence-corrected chi connectivity index (χ4v) is 2.65. The first-order chi connectivity index (χ1) is 12.5. The average Bonchev–Trinajstić information content (AvgIpc) is 3.02. The van der Waals surface area contributed by atoms with Crippen LogP contribution in [0.5, 0.6) is 0 Å². The first-order valence-electron chi connectivity index (χ1n) is 8.01. The van der Waals surface area contributed by atoms with Crippen LogP contribution in [0.3, 0.4) is 0 Å². The van der Waals surface area contributed by atoms with Crippen molar-refractivity contribution in [2.45, 2.75) is 12.8 Å². The van der Waals surface area contributed by atoms with E-state index in [4.69, 9.17) is 16.2 Å². The normalized spacial score (nSPS) is 9.86. The number of aromatic nitrogens is 2. The van der Waals surface area contributed by atoms with Crippen molar-refractivity contribution >= 4 is 11.8 Å². The van der Waals surface area contributed by atoms with E-state index in [0.29, 0.717) is 23.4 Å². The van der Waals surface area contributed by atoms with E-state index >= 15 is 0 Å². The summed E-state index contributed by atoms with van der Waals surface area (Å²) >= 11 is 0. The number of carboxylic acids is 1. The van der Waals surface area contributed by atoms with Crippen molar-refractivity contribution < 1.29 is 34.2 Å². The minimum atomic E-state index is -0.835. The molecule has 0 unspecified atom stereocenters. The molecule has 1 heterocycles. The molecule has 0 radical (unpaired) electrons. The summed E-state index contributed by atoms with van der Waals surface area (Å²) in [5.74, 6) is -0.859. The number of benzene rings is 2. The molecule has 8 nitrogen and oxygen atoms in total. The monoisotopic (exact) mass is 374 g/mol. The van der Waals surface area contributed by atoms with Crippen molar-refractivity contribution in [3.05, 3.63) is 82.5 Å². The molecule has 0 aliphatic rings. The number of aliphatic carboxylic acids is 1. The summed E-state index contributed by atoms with van der Waals surface area (Å²) in [4.78, 5) is 23.3. The van der Waals surface area contributed by atoms with E-state index < -0.39 is 5.97 Å². The first kappa shape index (κ1) is 23.0. The number of carboxylic acid groups (broad SMARTS) is 1. The van der Waals surface area contributed by atoms with E-state index in [9.17, 15) is 9.59 Å². The molecular formula is C19H19LiN4O4. The van der Waals surface area contributed by atoms with Crippen molar-refractivity contribution in [2.24, 2.45) is 5.73 Å². The minimum Gasteiger partial charge on any atom is -0.870 e. The Bertz CT molecular complexity index is 1010. The predicted octanol–water partition coefficient (Wildman–Crippen LogP) is -1.24. The second kappa shape index (κ2) is 9.76. The van der Waals surface area contributed by atoms with Gasteiger partial charge in [0, 0.05) is 24.4 Å². The van der Waals surface area contributed by atoms with Crippen LogP contribution in [-0.4, -0.2) is 31.5 Å². The number of nitrogens with one attached hydrogen (secondary N) is 1. The van der Waals surface area contributed by atoms with Crippen molar-refractivity contribution in [1.29, 1.82) is 5.41 Å². The Labute approximate surface area is 173 Å². The van der Waals surface area contributed by atoms with Crippen LogP contribution in [0.15, 0.2) is 65.7 Å². The Morgan fingerprint density at radius 1 is 0.964 bits per heavy atom. The van der Waals surface area contributed by atoms with E-state index in [1.807, 2.05) is 12.1 Å². The van der Waals surface area contributed by atoms with Crippen LogP contribution < -0.4 is 30.3 Å². The molecule has 0 saturated carbocycles. The van der Waals surface area contributed by atoms with Gasteiger partial charge in [-0.1, -0.05) is 12.1 Å². The van der Waals surface area contributed by atoms with Crippen LogP contribution in [0.4, 0.5) is 0 Å². The van der Waals surface area contributed by atoms with Crippen molar-refractivity contribution in [3.63, 3.8) is 0 Å². The molecule has 9 heteroatoms. The van der Waals surface area contributed by atoms with Gasteiger partial charge in [0.15, 0.2) is 0 Å². The predicted molar refractivity (Wildman–Crippen MR) is 100 cm³/mol. The second-order valence-corrected chi connectivity index (χ2v) is 5.84. The van der Waals surface area contributed by atoms with Crippen molar-refractivity contribution in [1.82, 2.24) is 9.13 Å². The summed E-state index contributed by atoms with van der Waals surface area (Å²) in [7, 11) is 0. The van der Waals surface area contributed by atoms with E-state index in [-0.39, 0.29) is 42.3 Å². The molecule has 0 saturated heterocycles. The summed E-state index contributed by atoms with van der Waals surface area (Å²) in [5.41, 5.74) is 8.10. The third-order valence-corrected chi connectivity index (χ3v) is 4.08. The Hall–Kier alpha value is -3.05. The summed E-state index contributed by atoms with van der Waals surface area (Å²) in [5, 5.41) is 16.1. The number of nitrogens with zero attached hydrogens (tertiary/aromatic N) is 2.